The summed E-state index contributed by atoms with van der Waals surface area (Å²) < 4.78 is 10.2. The van der Waals surface area contributed by atoms with Crippen molar-refractivity contribution in [2.75, 3.05) is 13.7 Å². The molecule has 0 radical (unpaired) electrons. The van der Waals surface area contributed by atoms with Gasteiger partial charge in [-0.25, -0.2) is 9.59 Å². The maximum atomic E-state index is 12.3. The van der Waals surface area contributed by atoms with Gasteiger partial charge in [-0.15, -0.1) is 0 Å². The van der Waals surface area contributed by atoms with Crippen molar-refractivity contribution in [3.8, 4) is 0 Å². The van der Waals surface area contributed by atoms with E-state index in [0.29, 0.717) is 6.54 Å². The van der Waals surface area contributed by atoms with E-state index in [1.54, 1.807) is 20.8 Å². The molecular formula is C21H30N2O4. The largest absolute Gasteiger partial charge is 0.468 e. The van der Waals surface area contributed by atoms with Crippen molar-refractivity contribution in [2.24, 2.45) is 0 Å². The Morgan fingerprint density at radius 1 is 1.00 bits per heavy atom. The van der Waals surface area contributed by atoms with Gasteiger partial charge in [-0.1, -0.05) is 54.6 Å². The fraction of sp³-hybridized carbons (Fsp3) is 0.429. The van der Waals surface area contributed by atoms with Gasteiger partial charge in [0.15, 0.2) is 0 Å². The van der Waals surface area contributed by atoms with Crippen molar-refractivity contribution in [3.63, 3.8) is 0 Å². The molecule has 1 aromatic carbocycles. The van der Waals surface area contributed by atoms with Gasteiger partial charge in [-0.2, -0.15) is 0 Å². The van der Waals surface area contributed by atoms with Crippen LogP contribution in [0.5, 0.6) is 0 Å². The zero-order valence-corrected chi connectivity index (χ0v) is 16.7. The van der Waals surface area contributed by atoms with Crippen LogP contribution in [0.4, 0.5) is 4.79 Å². The van der Waals surface area contributed by atoms with Crippen LogP contribution in [0.1, 0.15) is 39.3 Å². The average Bonchev–Trinajstić information content (AvgIpc) is 2.58. The van der Waals surface area contributed by atoms with Crippen molar-refractivity contribution < 1.29 is 19.1 Å². The summed E-state index contributed by atoms with van der Waals surface area (Å²) >= 11 is 0. The first-order valence-electron chi connectivity index (χ1n) is 8.92. The van der Waals surface area contributed by atoms with Gasteiger partial charge in [-0.05, 0) is 33.3 Å². The zero-order chi connectivity index (χ0) is 20.3. The molecule has 0 saturated carbocycles. The molecule has 148 valence electrons. The van der Waals surface area contributed by atoms with Crippen LogP contribution in [0, 0.1) is 0 Å². The second-order valence-corrected chi connectivity index (χ2v) is 7.09. The number of amides is 1. The Bertz CT molecular complexity index is 644. The number of hydrogen-bond acceptors (Lipinski definition) is 5. The second-order valence-electron chi connectivity index (χ2n) is 7.09. The molecule has 0 aliphatic rings. The monoisotopic (exact) mass is 374 g/mol. The van der Waals surface area contributed by atoms with Gasteiger partial charge >= 0.3 is 12.1 Å². The van der Waals surface area contributed by atoms with Crippen LogP contribution >= 0.6 is 0 Å². The Morgan fingerprint density at radius 2 is 1.52 bits per heavy atom. The smallest absolute Gasteiger partial charge is 0.407 e. The lowest BCUT2D eigenvalue weighted by molar-refractivity contribution is -0.143. The minimum Gasteiger partial charge on any atom is -0.468 e. The number of esters is 1. The third-order valence-electron chi connectivity index (χ3n) is 3.41. The Hall–Kier alpha value is -2.60. The van der Waals surface area contributed by atoms with Crippen LogP contribution < -0.4 is 10.6 Å². The first-order chi connectivity index (χ1) is 12.7. The molecule has 2 atom stereocenters. The normalized spacial score (nSPS) is 12.9. The number of carbonyl (C=O) groups is 2. The molecule has 6 heteroatoms. The molecule has 6 nitrogen and oxygen atoms in total. The highest BCUT2D eigenvalue weighted by Crippen LogP contribution is 2.13. The van der Waals surface area contributed by atoms with E-state index in [0.717, 1.165) is 5.56 Å². The van der Waals surface area contributed by atoms with Gasteiger partial charge in [0.25, 0.3) is 0 Å². The van der Waals surface area contributed by atoms with Crippen LogP contribution in [-0.2, 0) is 14.3 Å². The van der Waals surface area contributed by atoms with E-state index >= 15 is 0 Å². The number of rotatable bonds is 6. The van der Waals surface area contributed by atoms with E-state index in [1.165, 1.54) is 7.11 Å². The minimum atomic E-state index is -0.657. The van der Waals surface area contributed by atoms with Crippen LogP contribution in [-0.4, -0.2) is 37.4 Å². The molecule has 0 aromatic heterocycles. The van der Waals surface area contributed by atoms with Crippen LogP contribution in [0.2, 0.25) is 0 Å². The van der Waals surface area contributed by atoms with E-state index in [4.69, 9.17) is 9.47 Å². The van der Waals surface area contributed by atoms with E-state index in [9.17, 15) is 9.59 Å². The van der Waals surface area contributed by atoms with Crippen molar-refractivity contribution in [2.45, 2.75) is 45.4 Å². The molecular weight excluding hydrogens is 344 g/mol. The predicted octanol–water partition coefficient (Wildman–Crippen LogP) is 3.53. The average molecular weight is 374 g/mol. The third-order valence-corrected chi connectivity index (χ3v) is 3.41. The van der Waals surface area contributed by atoms with Gasteiger partial charge in [0, 0.05) is 12.6 Å². The van der Waals surface area contributed by atoms with Gasteiger partial charge in [0.1, 0.15) is 11.6 Å². The number of nitrogens with one attached hydrogen (secondary N) is 2. The highest BCUT2D eigenvalue weighted by atomic mass is 16.6. The summed E-state index contributed by atoms with van der Waals surface area (Å²) in [6, 6.07) is 16.0. The summed E-state index contributed by atoms with van der Waals surface area (Å²) in [5.74, 6) is -0.402. The Kier molecular flexibility index (Phi) is 9.30. The van der Waals surface area contributed by atoms with E-state index in [2.05, 4.69) is 10.6 Å². The molecule has 1 unspecified atom stereocenters. The standard InChI is InChI=1S/C21H30N2O4/c1-16(23-20(25)27-21(2,3)4)15-22-18(19(24)26-5)17-13-11-9-7-6-8-10-12-14-17/h6-14,16,18,22H,15H2,1-5H3,(H,23,25)/t16-,18?/m1/s1. The molecule has 2 N–H and O–H groups in total. The highest BCUT2D eigenvalue weighted by Gasteiger charge is 2.22. The predicted molar refractivity (Wildman–Crippen MR) is 106 cm³/mol. The molecule has 0 heterocycles. The first kappa shape index (κ1) is 22.4. The Balaban J connectivity index is 2.85. The maximum Gasteiger partial charge on any atom is 0.407 e. The first-order valence-corrected chi connectivity index (χ1v) is 8.92. The summed E-state index contributed by atoms with van der Waals surface area (Å²) in [7, 11) is 1.35. The molecule has 0 fully saturated rings. The van der Waals surface area contributed by atoms with Gasteiger partial charge < -0.3 is 14.8 Å². The molecule has 0 bridgehead atoms. The molecule has 1 aromatic rings. The van der Waals surface area contributed by atoms with E-state index in [1.807, 2.05) is 61.5 Å². The summed E-state index contributed by atoms with van der Waals surface area (Å²) in [6.07, 6.45) is -0.496. The third kappa shape index (κ3) is 9.61. The minimum absolute atomic E-state index is 0.241. The fourth-order valence-electron chi connectivity index (χ4n) is 2.21. The molecule has 0 aliphatic carbocycles. The second kappa shape index (κ2) is 11.2. The van der Waals surface area contributed by atoms with Crippen LogP contribution in [0.15, 0.2) is 54.6 Å². The quantitative estimate of drug-likeness (QED) is 0.745. The molecule has 1 rings (SSSR count). The van der Waals surface area contributed by atoms with E-state index in [-0.39, 0.29) is 6.04 Å². The summed E-state index contributed by atoms with van der Waals surface area (Å²) in [4.78, 5) is 24.1. The van der Waals surface area contributed by atoms with E-state index < -0.39 is 23.7 Å². The summed E-state index contributed by atoms with van der Waals surface area (Å²) in [5.41, 5.74) is 0.189. The molecule has 0 saturated heterocycles. The van der Waals surface area contributed by atoms with Crippen molar-refractivity contribution in [3.05, 3.63) is 60.2 Å². The number of alkyl carbamates (subject to hydrolysis) is 1. The van der Waals surface area contributed by atoms with Crippen molar-refractivity contribution >= 4 is 12.1 Å². The van der Waals surface area contributed by atoms with Gasteiger partial charge in [-0.3, -0.25) is 5.32 Å². The number of hydrogen-bond donors (Lipinski definition) is 2. The van der Waals surface area contributed by atoms with Gasteiger partial charge in [0.2, 0.25) is 0 Å². The molecule has 1 amide bonds. The Morgan fingerprint density at radius 3 is 2.00 bits per heavy atom. The lowest BCUT2D eigenvalue weighted by Crippen LogP contribution is -2.44. The number of ether oxygens (including phenoxy) is 2. The lowest BCUT2D eigenvalue weighted by atomic mass is 10.1. The Labute approximate surface area is 161 Å². The van der Waals surface area contributed by atoms with Crippen LogP contribution in [0.3, 0.4) is 0 Å². The lowest BCUT2D eigenvalue weighted by Gasteiger charge is -2.23. The number of carbonyl (C=O) groups excluding carboxylic acids is 2. The topological polar surface area (TPSA) is 76.7 Å². The summed E-state index contributed by atoms with van der Waals surface area (Å²) in [5, 5.41) is 5.90. The SMILES string of the molecule is COC(=O)C(NC[C@@H](C)NC(=O)OC(C)(C)C)c1ccccccccc1. The molecule has 27 heavy (non-hydrogen) atoms. The molecule has 0 aliphatic heterocycles. The van der Waals surface area contributed by atoms with Crippen molar-refractivity contribution in [1.29, 1.82) is 0 Å². The number of methoxy groups -OCH3 is 1. The zero-order valence-electron chi connectivity index (χ0n) is 16.7. The fourth-order valence-corrected chi connectivity index (χ4v) is 2.21. The van der Waals surface area contributed by atoms with Gasteiger partial charge in [0.05, 0.1) is 7.11 Å². The molecule has 0 spiro atoms. The highest BCUT2D eigenvalue weighted by molar-refractivity contribution is 5.77. The maximum absolute atomic E-state index is 12.3. The van der Waals surface area contributed by atoms with Crippen molar-refractivity contribution in [1.82, 2.24) is 10.6 Å². The summed E-state index contributed by atoms with van der Waals surface area (Å²) in [6.45, 7) is 7.61. The van der Waals surface area contributed by atoms with Crippen LogP contribution in [0.25, 0.3) is 0 Å².